The van der Waals surface area contributed by atoms with Crippen LogP contribution in [0.25, 0.3) is 27.5 Å². The number of carbonyl (C=O) groups excluding carboxylic acids is 1. The molecule has 14 nitrogen and oxygen atoms in total. The number of allylic oxidation sites excluding steroid dienone is 1. The van der Waals surface area contributed by atoms with Crippen molar-refractivity contribution in [1.82, 2.24) is 29.4 Å². The Labute approximate surface area is 339 Å². The number of carbonyl (C=O) groups is 1. The molecule has 2 N–H and O–H groups in total. The predicted molar refractivity (Wildman–Crippen MR) is 222 cm³/mol. The molecule has 4 heterocycles. The maximum Gasteiger partial charge on any atom is 0.296 e. The van der Waals surface area contributed by atoms with Crippen molar-refractivity contribution in [2.75, 3.05) is 37.6 Å². The first-order valence-electron chi connectivity index (χ1n) is 19.3. The van der Waals surface area contributed by atoms with Gasteiger partial charge in [-0.25, -0.2) is 18.1 Å². The topological polar surface area (TPSA) is 169 Å². The van der Waals surface area contributed by atoms with E-state index in [1.807, 2.05) is 18.2 Å². The lowest BCUT2D eigenvalue weighted by molar-refractivity contribution is -0.383. The van der Waals surface area contributed by atoms with Crippen LogP contribution in [0.15, 0.2) is 95.8 Å². The number of aryl methyl sites for hydroxylation is 1. The van der Waals surface area contributed by atoms with Crippen molar-refractivity contribution < 1.29 is 22.9 Å². The zero-order chi connectivity index (χ0) is 40.2. The predicted octanol–water partition coefficient (Wildman–Crippen LogP) is 7.85. The third-order valence-corrected chi connectivity index (χ3v) is 13.6. The third kappa shape index (κ3) is 7.29. The number of anilines is 1. The lowest BCUT2D eigenvalue weighted by Crippen LogP contribution is -2.47. The van der Waals surface area contributed by atoms with Gasteiger partial charge in [-0.3, -0.25) is 24.5 Å². The lowest BCUT2D eigenvalue weighted by Gasteiger charge is -2.47. The number of fused-ring (bicyclic) bond motifs is 2. The van der Waals surface area contributed by atoms with E-state index >= 15 is 0 Å². The molecule has 2 fully saturated rings. The molecule has 1 saturated carbocycles. The quantitative estimate of drug-likeness (QED) is 0.103. The number of non-ortho nitro benzene ring substituents is 1. The fraction of sp³-hybridized carbons (Fsp3) is 0.310. The Morgan fingerprint density at radius 2 is 1.79 bits per heavy atom. The normalized spacial score (nSPS) is 17.2. The van der Waals surface area contributed by atoms with Crippen molar-refractivity contribution in [2.24, 2.45) is 12.5 Å². The summed E-state index contributed by atoms with van der Waals surface area (Å²) in [7, 11) is -3.05. The molecule has 0 unspecified atom stereocenters. The van der Waals surface area contributed by atoms with E-state index in [4.69, 9.17) is 16.3 Å². The minimum atomic E-state index is -4.57. The molecule has 0 radical (unpaired) electrons. The molecule has 0 atom stereocenters. The van der Waals surface area contributed by atoms with Gasteiger partial charge in [-0.05, 0) is 91.1 Å². The molecule has 2 aliphatic carbocycles. The van der Waals surface area contributed by atoms with E-state index in [9.17, 15) is 23.3 Å². The Morgan fingerprint density at radius 3 is 2.53 bits per heavy atom. The number of nitro benzene ring substituents is 1. The molecule has 1 amide bonds. The van der Waals surface area contributed by atoms with Crippen LogP contribution in [0, 0.1) is 15.5 Å². The van der Waals surface area contributed by atoms with Gasteiger partial charge in [0.2, 0.25) is 0 Å². The summed E-state index contributed by atoms with van der Waals surface area (Å²) in [5.41, 5.74) is 5.85. The molecular weight excluding hydrogens is 780 g/mol. The number of halogens is 1. The Morgan fingerprint density at radius 1 is 1.00 bits per heavy atom. The standard InChI is InChI=1S/C42H41ClN8O6S/c1-48-39-30(24-46-48)20-34(22-37(39)51(53)54)58(55,56)47-41(52)35-8-7-32(21-38(35)57-33-19-28-10-14-44-40(28)45-25-33)50-17-15-49(16-18-50)26-29-9-13-42(11-2-12-42)23-36(29)27-3-5-31(43)6-4-27/h3-8,10,14,19-22,24-25H,2,9,11-13,15-18,23,26H2,1H3,(H,44,45)(H,47,52). The van der Waals surface area contributed by atoms with Crippen molar-refractivity contribution in [3.05, 3.63) is 117 Å². The van der Waals surface area contributed by atoms with Crippen LogP contribution in [0.3, 0.4) is 0 Å². The smallest absolute Gasteiger partial charge is 0.296 e. The Kier molecular flexibility index (Phi) is 9.69. The summed E-state index contributed by atoms with van der Waals surface area (Å²) in [5, 5.41) is 17.7. The Hall–Kier alpha value is -5.77. The number of hydrogen-bond acceptors (Lipinski definition) is 10. The highest BCUT2D eigenvalue weighted by Gasteiger charge is 2.41. The number of sulfonamides is 1. The summed E-state index contributed by atoms with van der Waals surface area (Å²) < 4.78 is 36.9. The number of amides is 1. The maximum absolute atomic E-state index is 13.9. The monoisotopic (exact) mass is 820 g/mol. The molecule has 3 aromatic heterocycles. The number of benzene rings is 3. The van der Waals surface area contributed by atoms with Crippen molar-refractivity contribution in [1.29, 1.82) is 0 Å². The molecule has 58 heavy (non-hydrogen) atoms. The van der Waals surface area contributed by atoms with Crippen molar-refractivity contribution in [3.63, 3.8) is 0 Å². The minimum Gasteiger partial charge on any atom is -0.455 e. The highest BCUT2D eigenvalue weighted by molar-refractivity contribution is 7.90. The molecule has 0 bridgehead atoms. The highest BCUT2D eigenvalue weighted by atomic mass is 35.5. The van der Waals surface area contributed by atoms with Crippen LogP contribution in [-0.4, -0.2) is 76.6 Å². The molecule has 6 aromatic rings. The second-order valence-corrected chi connectivity index (χ2v) is 17.7. The maximum atomic E-state index is 13.9. The lowest BCUT2D eigenvalue weighted by atomic mass is 9.59. The molecule has 3 aliphatic rings. The molecule has 1 saturated heterocycles. The van der Waals surface area contributed by atoms with Crippen molar-refractivity contribution in [3.8, 4) is 11.5 Å². The van der Waals surface area contributed by atoms with Gasteiger partial charge in [0.15, 0.2) is 0 Å². The number of H-pyrrole nitrogens is 1. The number of nitrogens with zero attached hydrogens (tertiary/aromatic N) is 6. The molecule has 9 rings (SSSR count). The van der Waals surface area contributed by atoms with E-state index < -0.39 is 31.4 Å². The highest BCUT2D eigenvalue weighted by Crippen LogP contribution is 2.55. The van der Waals surface area contributed by atoms with Crippen LogP contribution in [0.4, 0.5) is 11.4 Å². The van der Waals surface area contributed by atoms with Gasteiger partial charge in [0.1, 0.15) is 22.7 Å². The summed E-state index contributed by atoms with van der Waals surface area (Å²) in [6.45, 7) is 4.05. The minimum absolute atomic E-state index is 0.0414. The zero-order valence-electron chi connectivity index (χ0n) is 31.8. The number of rotatable bonds is 10. The first kappa shape index (κ1) is 37.8. The number of nitrogens with one attached hydrogen (secondary N) is 2. The summed E-state index contributed by atoms with van der Waals surface area (Å²) >= 11 is 6.26. The van der Waals surface area contributed by atoms with Crippen molar-refractivity contribution in [2.45, 2.75) is 43.4 Å². The van der Waals surface area contributed by atoms with E-state index in [-0.39, 0.29) is 22.2 Å². The molecular formula is C42H41ClN8O6S. The number of aromatic nitrogens is 4. The Balaban J connectivity index is 0.962. The third-order valence-electron chi connectivity index (χ3n) is 12.0. The summed E-state index contributed by atoms with van der Waals surface area (Å²) in [6.07, 6.45) is 12.0. The second-order valence-electron chi connectivity index (χ2n) is 15.6. The van der Waals surface area contributed by atoms with Gasteiger partial charge in [0.25, 0.3) is 21.6 Å². The van der Waals surface area contributed by atoms with Gasteiger partial charge >= 0.3 is 0 Å². The van der Waals surface area contributed by atoms with Gasteiger partial charge in [0.05, 0.1) is 27.8 Å². The van der Waals surface area contributed by atoms with E-state index in [1.54, 1.807) is 30.5 Å². The first-order valence-corrected chi connectivity index (χ1v) is 21.2. The van der Waals surface area contributed by atoms with E-state index in [0.29, 0.717) is 16.8 Å². The van der Waals surface area contributed by atoms with E-state index in [1.165, 1.54) is 72.6 Å². The largest absolute Gasteiger partial charge is 0.455 e. The number of ether oxygens (including phenoxy) is 1. The van der Waals surface area contributed by atoms with Gasteiger partial charge < -0.3 is 14.6 Å². The number of pyridine rings is 1. The molecule has 3 aromatic carbocycles. The van der Waals surface area contributed by atoms with Crippen LogP contribution in [0.5, 0.6) is 11.5 Å². The second kappa shape index (κ2) is 14.9. The van der Waals surface area contributed by atoms with Gasteiger partial charge in [-0.1, -0.05) is 35.7 Å². The summed E-state index contributed by atoms with van der Waals surface area (Å²) in [5.74, 6) is -0.482. The van der Waals surface area contributed by atoms with Gasteiger partial charge in [-0.15, -0.1) is 0 Å². The van der Waals surface area contributed by atoms with Crippen LogP contribution in [0.1, 0.15) is 54.4 Å². The number of hydrogen-bond donors (Lipinski definition) is 2. The number of piperazine rings is 1. The Bertz CT molecular complexity index is 2730. The average molecular weight is 821 g/mol. The summed E-state index contributed by atoms with van der Waals surface area (Å²) in [6, 6.07) is 19.1. The number of nitro groups is 1. The zero-order valence-corrected chi connectivity index (χ0v) is 33.4. The van der Waals surface area contributed by atoms with Crippen LogP contribution < -0.4 is 14.4 Å². The van der Waals surface area contributed by atoms with E-state index in [2.05, 4.69) is 41.7 Å². The number of aromatic amines is 1. The van der Waals surface area contributed by atoms with E-state index in [0.717, 1.165) is 67.7 Å². The average Bonchev–Trinajstić information content (AvgIpc) is 3.83. The first-order chi connectivity index (χ1) is 27.9. The molecule has 16 heteroatoms. The molecule has 1 spiro atoms. The molecule has 1 aliphatic heterocycles. The fourth-order valence-corrected chi connectivity index (χ4v) is 9.86. The van der Waals surface area contributed by atoms with Gasteiger partial charge in [-0.2, -0.15) is 5.10 Å². The fourth-order valence-electron chi connectivity index (χ4n) is 8.71. The van der Waals surface area contributed by atoms with Crippen molar-refractivity contribution >= 4 is 66.4 Å². The van der Waals surface area contributed by atoms with Crippen LogP contribution >= 0.6 is 11.6 Å². The summed E-state index contributed by atoms with van der Waals surface area (Å²) in [4.78, 5) is 36.8. The van der Waals surface area contributed by atoms with Gasteiger partial charge in [0, 0.05) is 79.6 Å². The SMILES string of the molecule is Cn1ncc2cc(S(=O)(=O)NC(=O)c3ccc(N4CCN(CC5=C(c6ccc(Cl)cc6)CC6(CCC6)CC5)CC4)cc3Oc3cnc4[nH]ccc4c3)cc([N+](=O)[O-])c21. The molecule has 298 valence electrons. The van der Waals surface area contributed by atoms with Crippen LogP contribution in [-0.2, 0) is 17.1 Å². The van der Waals surface area contributed by atoms with Crippen LogP contribution in [0.2, 0.25) is 5.02 Å².